The number of aryl methyl sites for hydroxylation is 1. The Hall–Kier alpha value is -1.87. The van der Waals surface area contributed by atoms with Crippen LogP contribution in [0.4, 0.5) is 0 Å². The summed E-state index contributed by atoms with van der Waals surface area (Å²) in [6.07, 6.45) is 5.11. The highest BCUT2D eigenvalue weighted by Gasteiger charge is 2.12. The van der Waals surface area contributed by atoms with Gasteiger partial charge in [0.15, 0.2) is 0 Å². The van der Waals surface area contributed by atoms with E-state index in [-0.39, 0.29) is 19.6 Å². The van der Waals surface area contributed by atoms with Gasteiger partial charge in [-0.1, -0.05) is 5.92 Å². The minimum Gasteiger partial charge on any atom is -0.480 e. The van der Waals surface area contributed by atoms with Gasteiger partial charge in [0.25, 0.3) is 0 Å². The predicted molar refractivity (Wildman–Crippen MR) is 50.8 cm³/mol. The van der Waals surface area contributed by atoms with Gasteiger partial charge in [-0.3, -0.25) is 9.69 Å². The van der Waals surface area contributed by atoms with Crippen molar-refractivity contribution in [1.82, 2.24) is 15.1 Å². The average Bonchev–Trinajstić information content (AvgIpc) is 2.50. The molecule has 0 aromatic carbocycles. The van der Waals surface area contributed by atoms with Crippen LogP contribution in [0.25, 0.3) is 0 Å². The number of rotatable bonds is 5. The fourth-order valence-corrected chi connectivity index (χ4v) is 1.08. The van der Waals surface area contributed by atoms with Gasteiger partial charge in [-0.2, -0.15) is 0 Å². The minimum atomic E-state index is -0.943. The number of hydrogen-bond donors (Lipinski definition) is 1. The Morgan fingerprint density at radius 1 is 1.67 bits per heavy atom. The highest BCUT2D eigenvalue weighted by Crippen LogP contribution is 2.02. The maximum atomic E-state index is 10.5. The monoisotopic (exact) mass is 209 g/mol. The topological polar surface area (TPSA) is 79.5 Å². The molecule has 15 heavy (non-hydrogen) atoms. The van der Waals surface area contributed by atoms with Crippen LogP contribution < -0.4 is 0 Å². The first-order chi connectivity index (χ1) is 7.11. The van der Waals surface area contributed by atoms with Crippen LogP contribution in [-0.2, 0) is 11.3 Å². The lowest BCUT2D eigenvalue weighted by Crippen LogP contribution is -2.29. The van der Waals surface area contributed by atoms with Crippen molar-refractivity contribution >= 4 is 5.97 Å². The Bertz CT molecular complexity index is 380. The standard InChI is InChI=1S/C9H11N3O3/c1-3-4-12(6-9(13)14)5-8-11-10-7(2)15-8/h1H,4-6H2,2H3,(H,13,14). The lowest BCUT2D eigenvalue weighted by molar-refractivity contribution is -0.138. The van der Waals surface area contributed by atoms with Gasteiger partial charge >= 0.3 is 5.97 Å². The van der Waals surface area contributed by atoms with Crippen LogP contribution in [0.15, 0.2) is 4.42 Å². The molecule has 6 nitrogen and oxygen atoms in total. The van der Waals surface area contributed by atoms with Crippen LogP contribution in [0, 0.1) is 19.3 Å². The Labute approximate surface area is 86.9 Å². The minimum absolute atomic E-state index is 0.147. The molecule has 0 aliphatic rings. The van der Waals surface area contributed by atoms with Crippen molar-refractivity contribution in [3.05, 3.63) is 11.8 Å². The van der Waals surface area contributed by atoms with E-state index >= 15 is 0 Å². The molecular weight excluding hydrogens is 198 g/mol. The van der Waals surface area contributed by atoms with E-state index in [9.17, 15) is 4.79 Å². The van der Waals surface area contributed by atoms with Crippen molar-refractivity contribution < 1.29 is 14.3 Å². The van der Waals surface area contributed by atoms with Gasteiger partial charge < -0.3 is 9.52 Å². The van der Waals surface area contributed by atoms with Crippen molar-refractivity contribution in [3.63, 3.8) is 0 Å². The molecule has 1 heterocycles. The van der Waals surface area contributed by atoms with Gasteiger partial charge in [0.2, 0.25) is 11.8 Å². The molecule has 1 aromatic heterocycles. The number of carboxylic acid groups (broad SMARTS) is 1. The van der Waals surface area contributed by atoms with Crippen LogP contribution in [-0.4, -0.2) is 39.3 Å². The summed E-state index contributed by atoms with van der Waals surface area (Å²) in [5.74, 6) is 2.24. The summed E-state index contributed by atoms with van der Waals surface area (Å²) in [5.41, 5.74) is 0. The van der Waals surface area contributed by atoms with Crippen molar-refractivity contribution in [3.8, 4) is 12.3 Å². The average molecular weight is 209 g/mol. The van der Waals surface area contributed by atoms with E-state index in [4.69, 9.17) is 15.9 Å². The van der Waals surface area contributed by atoms with Crippen molar-refractivity contribution in [2.45, 2.75) is 13.5 Å². The molecule has 0 aliphatic carbocycles. The molecule has 0 unspecified atom stereocenters. The second kappa shape index (κ2) is 5.12. The third-order valence-corrected chi connectivity index (χ3v) is 1.60. The fraction of sp³-hybridized carbons (Fsp3) is 0.444. The molecule has 1 rings (SSSR count). The zero-order chi connectivity index (χ0) is 11.3. The molecule has 0 saturated heterocycles. The molecule has 6 heteroatoms. The smallest absolute Gasteiger partial charge is 0.317 e. The van der Waals surface area contributed by atoms with Gasteiger partial charge in [-0.15, -0.1) is 16.6 Å². The molecule has 0 bridgehead atoms. The number of terminal acetylenes is 1. The van der Waals surface area contributed by atoms with Gasteiger partial charge in [0.1, 0.15) is 0 Å². The summed E-state index contributed by atoms with van der Waals surface area (Å²) in [5, 5.41) is 16.0. The summed E-state index contributed by atoms with van der Waals surface area (Å²) in [4.78, 5) is 12.0. The number of carbonyl (C=O) groups is 1. The maximum absolute atomic E-state index is 10.5. The molecule has 80 valence electrons. The normalized spacial score (nSPS) is 10.2. The largest absolute Gasteiger partial charge is 0.480 e. The van der Waals surface area contributed by atoms with Crippen molar-refractivity contribution in [2.75, 3.05) is 13.1 Å². The fourth-order valence-electron chi connectivity index (χ4n) is 1.08. The molecule has 0 atom stereocenters. The zero-order valence-electron chi connectivity index (χ0n) is 8.30. The SMILES string of the molecule is C#CCN(CC(=O)O)Cc1nnc(C)o1. The quantitative estimate of drug-likeness (QED) is 0.682. The van der Waals surface area contributed by atoms with E-state index in [1.165, 1.54) is 4.90 Å². The van der Waals surface area contributed by atoms with Gasteiger partial charge in [-0.05, 0) is 0 Å². The summed E-state index contributed by atoms with van der Waals surface area (Å²) in [6, 6.07) is 0. The predicted octanol–water partition coefficient (Wildman–Crippen LogP) is -0.102. The molecule has 1 N–H and O–H groups in total. The molecule has 0 spiro atoms. The molecule has 0 radical (unpaired) electrons. The first-order valence-corrected chi connectivity index (χ1v) is 4.28. The Morgan fingerprint density at radius 2 is 2.40 bits per heavy atom. The number of carboxylic acids is 1. The van der Waals surface area contributed by atoms with Gasteiger partial charge in [-0.25, -0.2) is 0 Å². The Morgan fingerprint density at radius 3 is 2.87 bits per heavy atom. The second-order valence-electron chi connectivity index (χ2n) is 2.96. The molecule has 1 aromatic rings. The van der Waals surface area contributed by atoms with E-state index in [1.807, 2.05) is 0 Å². The van der Waals surface area contributed by atoms with E-state index in [2.05, 4.69) is 16.1 Å². The molecular formula is C9H11N3O3. The maximum Gasteiger partial charge on any atom is 0.317 e. The molecule has 0 saturated carbocycles. The lowest BCUT2D eigenvalue weighted by atomic mass is 10.4. The van der Waals surface area contributed by atoms with Gasteiger partial charge in [0.05, 0.1) is 19.6 Å². The lowest BCUT2D eigenvalue weighted by Gasteiger charge is -2.14. The number of nitrogens with zero attached hydrogens (tertiary/aromatic N) is 3. The molecule has 0 amide bonds. The van der Waals surface area contributed by atoms with Crippen LogP contribution in [0.1, 0.15) is 11.8 Å². The van der Waals surface area contributed by atoms with E-state index in [0.29, 0.717) is 11.8 Å². The first kappa shape index (κ1) is 11.2. The van der Waals surface area contributed by atoms with E-state index < -0.39 is 5.97 Å². The summed E-state index contributed by atoms with van der Waals surface area (Å²) >= 11 is 0. The van der Waals surface area contributed by atoms with Crippen molar-refractivity contribution in [1.29, 1.82) is 0 Å². The zero-order valence-corrected chi connectivity index (χ0v) is 8.30. The first-order valence-electron chi connectivity index (χ1n) is 4.28. The highest BCUT2D eigenvalue weighted by molar-refractivity contribution is 5.69. The molecule has 0 fully saturated rings. The summed E-state index contributed by atoms with van der Waals surface area (Å²) in [6.45, 7) is 2.00. The van der Waals surface area contributed by atoms with Crippen LogP contribution >= 0.6 is 0 Å². The Kier molecular flexibility index (Phi) is 3.83. The molecule has 0 aliphatic heterocycles. The highest BCUT2D eigenvalue weighted by atomic mass is 16.4. The third-order valence-electron chi connectivity index (χ3n) is 1.60. The van der Waals surface area contributed by atoms with Gasteiger partial charge in [0, 0.05) is 6.92 Å². The van der Waals surface area contributed by atoms with Crippen LogP contribution in [0.5, 0.6) is 0 Å². The number of hydrogen-bond acceptors (Lipinski definition) is 5. The number of aromatic nitrogens is 2. The van der Waals surface area contributed by atoms with E-state index in [1.54, 1.807) is 6.92 Å². The Balaban J connectivity index is 2.58. The summed E-state index contributed by atoms with van der Waals surface area (Å²) < 4.78 is 5.12. The van der Waals surface area contributed by atoms with E-state index in [0.717, 1.165) is 0 Å². The summed E-state index contributed by atoms with van der Waals surface area (Å²) in [7, 11) is 0. The van der Waals surface area contributed by atoms with Crippen LogP contribution in [0.3, 0.4) is 0 Å². The number of aliphatic carboxylic acids is 1. The third kappa shape index (κ3) is 3.79. The van der Waals surface area contributed by atoms with Crippen LogP contribution in [0.2, 0.25) is 0 Å². The van der Waals surface area contributed by atoms with Crippen molar-refractivity contribution in [2.24, 2.45) is 0 Å². The second-order valence-corrected chi connectivity index (χ2v) is 2.96.